The molecule has 0 saturated carbocycles. The van der Waals surface area contributed by atoms with E-state index in [9.17, 15) is 9.59 Å². The fraction of sp³-hybridized carbons (Fsp3) is 0.312. The fourth-order valence-corrected chi connectivity index (χ4v) is 5.50. The minimum atomic E-state index is -0.0849. The van der Waals surface area contributed by atoms with Crippen LogP contribution in [0.1, 0.15) is 24.5 Å². The average Bonchev–Trinajstić information content (AvgIpc) is 3.29. The second kappa shape index (κ2) is 12.1. The molecule has 1 atom stereocenters. The number of benzene rings is 3. The van der Waals surface area contributed by atoms with Crippen molar-refractivity contribution in [2.24, 2.45) is 0 Å². The highest BCUT2D eigenvalue weighted by Crippen LogP contribution is 2.36. The van der Waals surface area contributed by atoms with Gasteiger partial charge in [0.25, 0.3) is 0 Å². The lowest BCUT2D eigenvalue weighted by molar-refractivity contribution is -0.129. The van der Waals surface area contributed by atoms with Crippen molar-refractivity contribution in [3.05, 3.63) is 89.1 Å². The number of carbonyl (C=O) groups is 2. The van der Waals surface area contributed by atoms with Gasteiger partial charge in [-0.05, 0) is 42.7 Å². The Labute approximate surface area is 245 Å². The van der Waals surface area contributed by atoms with Crippen LogP contribution in [-0.4, -0.2) is 60.1 Å². The standard InChI is InChI=1S/C32H35ClN4O4/c1-22-15-16-36(25-13-14-28(40-4)29(17-25)41-21-23-9-6-5-7-10-23)32(39)37(22)18-24-11-8-12-27-31(24)26(33)19-35(27)20-30(38)34(2)3/h5-14,17,19,22H,15-16,18,20-21H2,1-4H3/t22-/m0/s1. The third-order valence-corrected chi connectivity index (χ3v) is 7.85. The van der Waals surface area contributed by atoms with E-state index in [0.717, 1.165) is 34.1 Å². The van der Waals surface area contributed by atoms with E-state index >= 15 is 0 Å². The first-order valence-electron chi connectivity index (χ1n) is 13.7. The van der Waals surface area contributed by atoms with Crippen molar-refractivity contribution >= 4 is 40.1 Å². The number of amides is 3. The number of anilines is 1. The monoisotopic (exact) mass is 574 g/mol. The largest absolute Gasteiger partial charge is 0.493 e. The number of hydrogen-bond donors (Lipinski definition) is 0. The normalized spacial score (nSPS) is 15.3. The summed E-state index contributed by atoms with van der Waals surface area (Å²) in [5, 5.41) is 1.42. The van der Waals surface area contributed by atoms with Crippen molar-refractivity contribution in [2.45, 2.75) is 39.1 Å². The van der Waals surface area contributed by atoms with Crippen LogP contribution in [0.25, 0.3) is 10.9 Å². The Hall–Kier alpha value is -4.17. The Bertz CT molecular complexity index is 1550. The molecule has 0 spiro atoms. The number of nitrogens with zero attached hydrogens (tertiary/aromatic N) is 4. The second-order valence-electron chi connectivity index (χ2n) is 10.5. The molecule has 2 heterocycles. The molecule has 0 bridgehead atoms. The van der Waals surface area contributed by atoms with Crippen LogP contribution in [0.5, 0.6) is 11.5 Å². The summed E-state index contributed by atoms with van der Waals surface area (Å²) in [6.45, 7) is 3.64. The van der Waals surface area contributed by atoms with Crippen LogP contribution < -0.4 is 14.4 Å². The van der Waals surface area contributed by atoms with Crippen molar-refractivity contribution in [1.82, 2.24) is 14.4 Å². The molecule has 1 aliphatic rings. The summed E-state index contributed by atoms with van der Waals surface area (Å²) in [7, 11) is 5.07. The van der Waals surface area contributed by atoms with E-state index in [-0.39, 0.29) is 24.5 Å². The average molecular weight is 575 g/mol. The van der Waals surface area contributed by atoms with E-state index in [2.05, 4.69) is 6.92 Å². The van der Waals surface area contributed by atoms with Crippen LogP contribution in [0.15, 0.2) is 72.9 Å². The van der Waals surface area contributed by atoms with Gasteiger partial charge in [0.15, 0.2) is 11.5 Å². The number of hydrogen-bond acceptors (Lipinski definition) is 4. The third kappa shape index (κ3) is 5.98. The zero-order chi connectivity index (χ0) is 29.1. The van der Waals surface area contributed by atoms with E-state index in [4.69, 9.17) is 21.1 Å². The quantitative estimate of drug-likeness (QED) is 0.239. The maximum atomic E-state index is 13.9. The van der Waals surface area contributed by atoms with E-state index in [1.165, 1.54) is 0 Å². The zero-order valence-electron chi connectivity index (χ0n) is 23.8. The number of aromatic nitrogens is 1. The smallest absolute Gasteiger partial charge is 0.325 e. The first-order chi connectivity index (χ1) is 19.8. The van der Waals surface area contributed by atoms with E-state index in [0.29, 0.717) is 36.2 Å². The molecule has 9 heteroatoms. The number of carbonyl (C=O) groups excluding carboxylic acids is 2. The highest BCUT2D eigenvalue weighted by molar-refractivity contribution is 6.36. The van der Waals surface area contributed by atoms with Gasteiger partial charge in [-0.1, -0.05) is 54.1 Å². The fourth-order valence-electron chi connectivity index (χ4n) is 5.16. The van der Waals surface area contributed by atoms with Crippen molar-refractivity contribution < 1.29 is 19.1 Å². The van der Waals surface area contributed by atoms with Gasteiger partial charge >= 0.3 is 6.03 Å². The van der Waals surface area contributed by atoms with Crippen molar-refractivity contribution in [3.63, 3.8) is 0 Å². The molecule has 1 fully saturated rings. The van der Waals surface area contributed by atoms with Gasteiger partial charge in [0, 0.05) is 56.6 Å². The summed E-state index contributed by atoms with van der Waals surface area (Å²) in [4.78, 5) is 31.5. The molecule has 5 rings (SSSR count). The Morgan fingerprint density at radius 3 is 2.56 bits per heavy atom. The molecular weight excluding hydrogens is 540 g/mol. The first-order valence-corrected chi connectivity index (χ1v) is 14.0. The van der Waals surface area contributed by atoms with Crippen molar-refractivity contribution in [3.8, 4) is 11.5 Å². The number of fused-ring (bicyclic) bond motifs is 1. The molecule has 4 aromatic rings. The summed E-state index contributed by atoms with van der Waals surface area (Å²) >= 11 is 6.70. The molecule has 1 saturated heterocycles. The molecule has 0 radical (unpaired) electrons. The molecular formula is C32H35ClN4O4. The Balaban J connectivity index is 1.39. The Morgan fingerprint density at radius 1 is 1.05 bits per heavy atom. The van der Waals surface area contributed by atoms with Gasteiger partial charge in [0.1, 0.15) is 13.2 Å². The number of ether oxygens (including phenoxy) is 2. The molecule has 1 aliphatic heterocycles. The van der Waals surface area contributed by atoms with Gasteiger partial charge < -0.3 is 23.8 Å². The van der Waals surface area contributed by atoms with Gasteiger partial charge in [-0.15, -0.1) is 0 Å². The maximum Gasteiger partial charge on any atom is 0.325 e. The van der Waals surface area contributed by atoms with Crippen LogP contribution in [-0.2, 0) is 24.5 Å². The molecule has 0 N–H and O–H groups in total. The van der Waals surface area contributed by atoms with E-state index in [1.54, 1.807) is 37.2 Å². The van der Waals surface area contributed by atoms with Gasteiger partial charge in [-0.25, -0.2) is 4.79 Å². The topological polar surface area (TPSA) is 67.2 Å². The van der Waals surface area contributed by atoms with Crippen LogP contribution in [0.2, 0.25) is 5.02 Å². The molecule has 3 aromatic carbocycles. The number of likely N-dealkylation sites (N-methyl/N-ethyl adjacent to an activating group) is 1. The van der Waals surface area contributed by atoms with E-state index in [1.807, 2.05) is 76.2 Å². The molecule has 0 aliphatic carbocycles. The van der Waals surface area contributed by atoms with E-state index < -0.39 is 0 Å². The first kappa shape index (κ1) is 28.4. The summed E-state index contributed by atoms with van der Waals surface area (Å²) in [5.74, 6) is 1.17. The molecule has 41 heavy (non-hydrogen) atoms. The minimum absolute atomic E-state index is 0.0222. The summed E-state index contributed by atoms with van der Waals surface area (Å²) < 4.78 is 13.5. The molecule has 1 aromatic heterocycles. The summed E-state index contributed by atoms with van der Waals surface area (Å²) in [6.07, 6.45) is 2.60. The maximum absolute atomic E-state index is 13.9. The second-order valence-corrected chi connectivity index (χ2v) is 10.9. The van der Waals surface area contributed by atoms with Crippen LogP contribution in [0, 0.1) is 0 Å². The molecule has 3 amide bonds. The predicted molar refractivity (Wildman–Crippen MR) is 162 cm³/mol. The summed E-state index contributed by atoms with van der Waals surface area (Å²) in [5.41, 5.74) is 3.60. The SMILES string of the molecule is COc1ccc(N2CC[C@H](C)N(Cc3cccc4c3c(Cl)cn4CC(=O)N(C)C)C2=O)cc1OCc1ccccc1. The van der Waals surface area contributed by atoms with Crippen molar-refractivity contribution in [1.29, 1.82) is 0 Å². The molecule has 0 unspecified atom stereocenters. The predicted octanol–water partition coefficient (Wildman–Crippen LogP) is 6.19. The van der Waals surface area contributed by atoms with Gasteiger partial charge in [-0.2, -0.15) is 0 Å². The number of halogens is 1. The van der Waals surface area contributed by atoms with Gasteiger partial charge in [-0.3, -0.25) is 9.69 Å². The van der Waals surface area contributed by atoms with Crippen molar-refractivity contribution in [2.75, 3.05) is 32.6 Å². The Kier molecular flexibility index (Phi) is 8.40. The van der Waals surface area contributed by atoms with Crippen LogP contribution in [0.4, 0.5) is 10.5 Å². The molecule has 214 valence electrons. The zero-order valence-corrected chi connectivity index (χ0v) is 24.6. The van der Waals surface area contributed by atoms with Gasteiger partial charge in [0.05, 0.1) is 17.6 Å². The Morgan fingerprint density at radius 2 is 1.83 bits per heavy atom. The highest BCUT2D eigenvalue weighted by atomic mass is 35.5. The number of rotatable bonds is 9. The lowest BCUT2D eigenvalue weighted by Crippen LogP contribution is -2.53. The lowest BCUT2D eigenvalue weighted by atomic mass is 10.1. The highest BCUT2D eigenvalue weighted by Gasteiger charge is 2.33. The lowest BCUT2D eigenvalue weighted by Gasteiger charge is -2.40. The van der Waals surface area contributed by atoms with Crippen LogP contribution >= 0.6 is 11.6 Å². The summed E-state index contributed by atoms with van der Waals surface area (Å²) in [6, 6.07) is 21.4. The number of urea groups is 1. The minimum Gasteiger partial charge on any atom is -0.493 e. The van der Waals surface area contributed by atoms with Gasteiger partial charge in [0.2, 0.25) is 5.91 Å². The van der Waals surface area contributed by atoms with Crippen LogP contribution in [0.3, 0.4) is 0 Å². The molecule has 8 nitrogen and oxygen atoms in total. The third-order valence-electron chi connectivity index (χ3n) is 7.57. The number of methoxy groups -OCH3 is 1.